The fraction of sp³-hybridized carbons (Fsp3) is 0.0667. The largest absolute Gasteiger partial charge is 0.381 e. The SMILES string of the molecule is Ic1cccc(NCc2cn[nH]c2-c2cccnc2)c1. The number of hydrogen-bond donors (Lipinski definition) is 2. The monoisotopic (exact) mass is 376 g/mol. The highest BCUT2D eigenvalue weighted by molar-refractivity contribution is 14.1. The van der Waals surface area contributed by atoms with E-state index in [4.69, 9.17) is 0 Å². The van der Waals surface area contributed by atoms with Crippen molar-refractivity contribution in [2.24, 2.45) is 0 Å². The Morgan fingerprint density at radius 3 is 2.90 bits per heavy atom. The van der Waals surface area contributed by atoms with E-state index in [1.807, 2.05) is 30.6 Å². The van der Waals surface area contributed by atoms with E-state index in [2.05, 4.69) is 61.3 Å². The van der Waals surface area contributed by atoms with Crippen LogP contribution < -0.4 is 5.32 Å². The summed E-state index contributed by atoms with van der Waals surface area (Å²) in [6.07, 6.45) is 5.45. The zero-order chi connectivity index (χ0) is 13.8. The van der Waals surface area contributed by atoms with Gasteiger partial charge in [-0.3, -0.25) is 10.1 Å². The summed E-state index contributed by atoms with van der Waals surface area (Å²) in [5.74, 6) is 0. The molecule has 1 aromatic carbocycles. The molecule has 0 aliphatic carbocycles. The lowest BCUT2D eigenvalue weighted by Gasteiger charge is -2.07. The molecule has 2 aromatic heterocycles. The molecular weight excluding hydrogens is 363 g/mol. The zero-order valence-electron chi connectivity index (χ0n) is 10.7. The number of nitrogens with one attached hydrogen (secondary N) is 2. The molecule has 0 aliphatic heterocycles. The van der Waals surface area contributed by atoms with Gasteiger partial charge in [0.2, 0.25) is 0 Å². The van der Waals surface area contributed by atoms with E-state index in [1.54, 1.807) is 6.20 Å². The molecule has 0 bridgehead atoms. The molecule has 4 nitrogen and oxygen atoms in total. The summed E-state index contributed by atoms with van der Waals surface area (Å²) in [5.41, 5.74) is 4.28. The van der Waals surface area contributed by atoms with Crippen molar-refractivity contribution in [3.8, 4) is 11.3 Å². The van der Waals surface area contributed by atoms with Gasteiger partial charge in [-0.15, -0.1) is 0 Å². The maximum absolute atomic E-state index is 4.14. The highest BCUT2D eigenvalue weighted by Gasteiger charge is 2.07. The number of H-pyrrole nitrogens is 1. The Labute approximate surface area is 130 Å². The van der Waals surface area contributed by atoms with Crippen molar-refractivity contribution in [1.82, 2.24) is 15.2 Å². The van der Waals surface area contributed by atoms with Crippen LogP contribution in [0.4, 0.5) is 5.69 Å². The summed E-state index contributed by atoms with van der Waals surface area (Å²) in [6, 6.07) is 12.2. The van der Waals surface area contributed by atoms with E-state index in [9.17, 15) is 0 Å². The van der Waals surface area contributed by atoms with Crippen molar-refractivity contribution in [3.05, 3.63) is 64.1 Å². The maximum atomic E-state index is 4.14. The smallest absolute Gasteiger partial charge is 0.0715 e. The van der Waals surface area contributed by atoms with Crippen LogP contribution >= 0.6 is 22.6 Å². The highest BCUT2D eigenvalue weighted by Crippen LogP contribution is 2.21. The Morgan fingerprint density at radius 2 is 2.10 bits per heavy atom. The fourth-order valence-corrected chi connectivity index (χ4v) is 2.54. The van der Waals surface area contributed by atoms with E-state index >= 15 is 0 Å². The molecule has 0 saturated heterocycles. The van der Waals surface area contributed by atoms with E-state index in [-0.39, 0.29) is 0 Å². The molecular formula is C15H13IN4. The van der Waals surface area contributed by atoms with E-state index in [1.165, 1.54) is 3.57 Å². The quantitative estimate of drug-likeness (QED) is 0.683. The number of halogens is 1. The van der Waals surface area contributed by atoms with Gasteiger partial charge in [0.05, 0.1) is 11.9 Å². The molecule has 0 fully saturated rings. The molecule has 0 atom stereocenters. The normalized spacial score (nSPS) is 10.4. The van der Waals surface area contributed by atoms with Gasteiger partial charge in [-0.1, -0.05) is 6.07 Å². The third-order valence-electron chi connectivity index (χ3n) is 2.98. The first-order chi connectivity index (χ1) is 9.83. The Bertz CT molecular complexity index is 694. The average Bonchev–Trinajstić information content (AvgIpc) is 2.95. The summed E-state index contributed by atoms with van der Waals surface area (Å²) in [6.45, 7) is 0.723. The first-order valence-corrected chi connectivity index (χ1v) is 7.33. The van der Waals surface area contributed by atoms with Gasteiger partial charge in [-0.2, -0.15) is 5.10 Å². The van der Waals surface area contributed by atoms with Crippen molar-refractivity contribution in [1.29, 1.82) is 0 Å². The number of hydrogen-bond acceptors (Lipinski definition) is 3. The molecule has 2 N–H and O–H groups in total. The molecule has 2 heterocycles. The average molecular weight is 376 g/mol. The van der Waals surface area contributed by atoms with Crippen LogP contribution in [0.5, 0.6) is 0 Å². The third-order valence-corrected chi connectivity index (χ3v) is 3.65. The summed E-state index contributed by atoms with van der Waals surface area (Å²) in [5, 5.41) is 10.6. The van der Waals surface area contributed by atoms with Crippen molar-refractivity contribution in [2.45, 2.75) is 6.54 Å². The highest BCUT2D eigenvalue weighted by atomic mass is 127. The number of aromatic nitrogens is 3. The number of benzene rings is 1. The minimum absolute atomic E-state index is 0.723. The predicted octanol–water partition coefficient (Wildman–Crippen LogP) is 3.69. The van der Waals surface area contributed by atoms with E-state index in [0.29, 0.717) is 0 Å². The van der Waals surface area contributed by atoms with Crippen molar-refractivity contribution in [3.63, 3.8) is 0 Å². The predicted molar refractivity (Wildman–Crippen MR) is 88.3 cm³/mol. The van der Waals surface area contributed by atoms with Gasteiger partial charge in [0.1, 0.15) is 0 Å². The summed E-state index contributed by atoms with van der Waals surface area (Å²) < 4.78 is 1.22. The molecule has 3 rings (SSSR count). The van der Waals surface area contributed by atoms with Crippen LogP contribution in [0.1, 0.15) is 5.56 Å². The van der Waals surface area contributed by atoms with Crippen LogP contribution in [0.25, 0.3) is 11.3 Å². The second kappa shape index (κ2) is 6.04. The van der Waals surface area contributed by atoms with E-state index < -0.39 is 0 Å². The fourth-order valence-electron chi connectivity index (χ4n) is 2.00. The molecule has 5 heteroatoms. The lowest BCUT2D eigenvalue weighted by molar-refractivity contribution is 1.09. The number of pyridine rings is 1. The molecule has 100 valence electrons. The first-order valence-electron chi connectivity index (χ1n) is 6.25. The molecule has 0 spiro atoms. The lowest BCUT2D eigenvalue weighted by Crippen LogP contribution is -2.00. The van der Waals surface area contributed by atoms with Gasteiger partial charge >= 0.3 is 0 Å². The molecule has 0 unspecified atom stereocenters. The van der Waals surface area contributed by atoms with Crippen LogP contribution in [0.3, 0.4) is 0 Å². The number of nitrogens with zero attached hydrogens (tertiary/aromatic N) is 2. The lowest BCUT2D eigenvalue weighted by atomic mass is 10.1. The first kappa shape index (κ1) is 13.1. The van der Waals surface area contributed by atoms with Crippen molar-refractivity contribution in [2.75, 3.05) is 5.32 Å². The topological polar surface area (TPSA) is 53.6 Å². The minimum atomic E-state index is 0.723. The Morgan fingerprint density at radius 1 is 1.15 bits per heavy atom. The van der Waals surface area contributed by atoms with Crippen LogP contribution in [0.2, 0.25) is 0 Å². The van der Waals surface area contributed by atoms with Crippen LogP contribution in [-0.2, 0) is 6.54 Å². The van der Waals surface area contributed by atoms with E-state index in [0.717, 1.165) is 29.1 Å². The standard InChI is InChI=1S/C15H13IN4/c16-13-4-1-5-14(7-13)18-9-12-10-19-20-15(12)11-3-2-6-17-8-11/h1-8,10,18H,9H2,(H,19,20). The molecule has 0 aliphatic rings. The second-order valence-electron chi connectivity index (χ2n) is 4.38. The summed E-state index contributed by atoms with van der Waals surface area (Å²) >= 11 is 2.31. The Balaban J connectivity index is 1.78. The molecule has 20 heavy (non-hydrogen) atoms. The summed E-state index contributed by atoms with van der Waals surface area (Å²) in [7, 11) is 0. The van der Waals surface area contributed by atoms with Crippen LogP contribution in [-0.4, -0.2) is 15.2 Å². The van der Waals surface area contributed by atoms with Gasteiger partial charge in [0, 0.05) is 39.3 Å². The van der Waals surface area contributed by atoms with Gasteiger partial charge in [-0.05, 0) is 52.9 Å². The van der Waals surface area contributed by atoms with Crippen LogP contribution in [0.15, 0.2) is 55.0 Å². The van der Waals surface area contributed by atoms with Gasteiger partial charge < -0.3 is 5.32 Å². The number of anilines is 1. The summed E-state index contributed by atoms with van der Waals surface area (Å²) in [4.78, 5) is 4.14. The van der Waals surface area contributed by atoms with Gasteiger partial charge in [0.15, 0.2) is 0 Å². The van der Waals surface area contributed by atoms with Gasteiger partial charge in [-0.25, -0.2) is 0 Å². The third kappa shape index (κ3) is 2.98. The zero-order valence-corrected chi connectivity index (χ0v) is 12.8. The Kier molecular flexibility index (Phi) is 3.96. The van der Waals surface area contributed by atoms with Crippen LogP contribution in [0, 0.1) is 3.57 Å². The number of rotatable bonds is 4. The van der Waals surface area contributed by atoms with Gasteiger partial charge in [0.25, 0.3) is 0 Å². The molecule has 0 amide bonds. The minimum Gasteiger partial charge on any atom is -0.381 e. The maximum Gasteiger partial charge on any atom is 0.0715 e. The number of aromatic amines is 1. The molecule has 3 aromatic rings. The molecule has 0 radical (unpaired) electrons. The Hall–Kier alpha value is -1.89. The van der Waals surface area contributed by atoms with Crippen molar-refractivity contribution < 1.29 is 0 Å². The molecule has 0 saturated carbocycles. The van der Waals surface area contributed by atoms with Crippen molar-refractivity contribution >= 4 is 28.3 Å². The second-order valence-corrected chi connectivity index (χ2v) is 5.62.